The summed E-state index contributed by atoms with van der Waals surface area (Å²) in [5, 5.41) is 0. The monoisotopic (exact) mass is 391 g/mol. The number of rotatable bonds is 5. The van der Waals surface area contributed by atoms with Gasteiger partial charge in [0, 0.05) is 18.7 Å². The van der Waals surface area contributed by atoms with Crippen molar-refractivity contribution in [2.75, 3.05) is 13.1 Å². The summed E-state index contributed by atoms with van der Waals surface area (Å²) in [5.41, 5.74) is 0.548. The van der Waals surface area contributed by atoms with Gasteiger partial charge in [0.05, 0.1) is 4.90 Å². The standard InChI is InChI=1S/C20H29N3O3S/c1-4-5-9-17(20(24)23-12-14(2)11-15(3)13-23)21-19-16-8-6-7-10-18(16)27(25,26)22-19/h6-8,10,14-15,17H,4-5,9,11-13H2,1-3H3,(H,21,22). The van der Waals surface area contributed by atoms with Crippen LogP contribution in [0.25, 0.3) is 0 Å². The number of hydrogen-bond acceptors (Lipinski definition) is 4. The molecule has 1 aromatic carbocycles. The Bertz CT molecular complexity index is 825. The van der Waals surface area contributed by atoms with Crippen LogP contribution in [0.1, 0.15) is 52.0 Å². The van der Waals surface area contributed by atoms with Gasteiger partial charge in [-0.05, 0) is 36.8 Å². The molecule has 2 aliphatic heterocycles. The number of fused-ring (bicyclic) bond motifs is 1. The molecule has 1 N–H and O–H groups in total. The van der Waals surface area contributed by atoms with E-state index in [0.717, 1.165) is 32.4 Å². The average molecular weight is 392 g/mol. The van der Waals surface area contributed by atoms with E-state index >= 15 is 0 Å². The molecular weight excluding hydrogens is 362 g/mol. The summed E-state index contributed by atoms with van der Waals surface area (Å²) in [5.74, 6) is 1.25. The van der Waals surface area contributed by atoms with Crippen LogP contribution in [0.2, 0.25) is 0 Å². The number of hydrogen-bond donors (Lipinski definition) is 1. The molecule has 0 spiro atoms. The highest BCUT2D eigenvalue weighted by molar-refractivity contribution is 7.90. The topological polar surface area (TPSA) is 78.8 Å². The van der Waals surface area contributed by atoms with Crippen LogP contribution in [0, 0.1) is 11.8 Å². The zero-order valence-corrected chi connectivity index (χ0v) is 17.1. The number of sulfonamides is 1. The van der Waals surface area contributed by atoms with E-state index < -0.39 is 16.1 Å². The highest BCUT2D eigenvalue weighted by atomic mass is 32.2. The molecular formula is C20H29N3O3S. The lowest BCUT2D eigenvalue weighted by Gasteiger charge is -2.36. The molecule has 1 amide bonds. The third kappa shape index (κ3) is 4.34. The Labute approximate surface area is 162 Å². The molecule has 0 saturated carbocycles. The lowest BCUT2D eigenvalue weighted by Crippen LogP contribution is -2.47. The quantitative estimate of drug-likeness (QED) is 0.838. The number of likely N-dealkylation sites (tertiary alicyclic amines) is 1. The fourth-order valence-electron chi connectivity index (χ4n) is 4.08. The number of carbonyl (C=O) groups excluding carboxylic acids is 1. The number of piperidine rings is 1. The zero-order chi connectivity index (χ0) is 19.6. The van der Waals surface area contributed by atoms with E-state index in [1.165, 1.54) is 0 Å². The molecule has 2 aliphatic rings. The van der Waals surface area contributed by atoms with Gasteiger partial charge in [-0.25, -0.2) is 8.42 Å². The van der Waals surface area contributed by atoms with Gasteiger partial charge >= 0.3 is 0 Å². The van der Waals surface area contributed by atoms with E-state index in [9.17, 15) is 13.2 Å². The minimum absolute atomic E-state index is 0.0120. The Hall–Kier alpha value is -1.89. The van der Waals surface area contributed by atoms with Crippen molar-refractivity contribution < 1.29 is 13.2 Å². The minimum atomic E-state index is -3.59. The van der Waals surface area contributed by atoms with Crippen molar-refractivity contribution in [3.8, 4) is 0 Å². The molecule has 148 valence electrons. The Morgan fingerprint density at radius 3 is 2.59 bits per heavy atom. The minimum Gasteiger partial charge on any atom is -0.340 e. The Morgan fingerprint density at radius 1 is 1.26 bits per heavy atom. The van der Waals surface area contributed by atoms with Crippen LogP contribution in [0.3, 0.4) is 0 Å². The summed E-state index contributed by atoms with van der Waals surface area (Å²) in [4.78, 5) is 20.0. The Balaban J connectivity index is 1.90. The molecule has 2 heterocycles. The number of amides is 1. The van der Waals surface area contributed by atoms with E-state index in [1.807, 2.05) is 4.90 Å². The first-order chi connectivity index (χ1) is 12.8. The molecule has 0 aliphatic carbocycles. The predicted molar refractivity (Wildman–Crippen MR) is 106 cm³/mol. The number of nitrogens with one attached hydrogen (secondary N) is 1. The van der Waals surface area contributed by atoms with Gasteiger partial charge in [-0.3, -0.25) is 14.5 Å². The van der Waals surface area contributed by atoms with E-state index in [0.29, 0.717) is 23.8 Å². The number of nitrogens with zero attached hydrogens (tertiary/aromatic N) is 2. The van der Waals surface area contributed by atoms with Crippen molar-refractivity contribution in [3.05, 3.63) is 29.8 Å². The lowest BCUT2D eigenvalue weighted by molar-refractivity contribution is -0.135. The number of carbonyl (C=O) groups is 1. The highest BCUT2D eigenvalue weighted by Gasteiger charge is 2.34. The van der Waals surface area contributed by atoms with Crippen LogP contribution in [0.4, 0.5) is 0 Å². The third-order valence-corrected chi connectivity index (χ3v) is 6.64. The van der Waals surface area contributed by atoms with Crippen molar-refractivity contribution in [2.24, 2.45) is 16.8 Å². The molecule has 1 aromatic rings. The van der Waals surface area contributed by atoms with E-state index in [-0.39, 0.29) is 16.6 Å². The fraction of sp³-hybridized carbons (Fsp3) is 0.600. The number of benzene rings is 1. The van der Waals surface area contributed by atoms with Crippen LogP contribution in [0.15, 0.2) is 34.2 Å². The second-order valence-electron chi connectivity index (χ2n) is 7.93. The zero-order valence-electron chi connectivity index (χ0n) is 16.3. The lowest BCUT2D eigenvalue weighted by atomic mass is 9.91. The van der Waals surface area contributed by atoms with E-state index in [1.54, 1.807) is 24.3 Å². The molecule has 1 fully saturated rings. The maximum atomic E-state index is 13.2. The van der Waals surface area contributed by atoms with Gasteiger partial charge in [0.15, 0.2) is 0 Å². The maximum Gasteiger partial charge on any atom is 0.263 e. The molecule has 6 nitrogen and oxygen atoms in total. The largest absolute Gasteiger partial charge is 0.340 e. The number of amidine groups is 1. The fourth-order valence-corrected chi connectivity index (χ4v) is 5.32. The van der Waals surface area contributed by atoms with Gasteiger partial charge in [0.1, 0.15) is 11.9 Å². The summed E-state index contributed by atoms with van der Waals surface area (Å²) in [6.45, 7) is 7.92. The first-order valence-electron chi connectivity index (χ1n) is 9.80. The highest BCUT2D eigenvalue weighted by Crippen LogP contribution is 2.25. The Morgan fingerprint density at radius 2 is 1.93 bits per heavy atom. The van der Waals surface area contributed by atoms with Crippen molar-refractivity contribution in [1.82, 2.24) is 9.62 Å². The molecule has 3 rings (SSSR count). The van der Waals surface area contributed by atoms with E-state index in [2.05, 4.69) is 30.5 Å². The SMILES string of the molecule is CCCCC(N=C1NS(=O)(=O)c2ccccc21)C(=O)N1CC(C)CC(C)C1. The summed E-state index contributed by atoms with van der Waals surface area (Å²) >= 11 is 0. The molecule has 0 radical (unpaired) electrons. The van der Waals surface area contributed by atoms with Gasteiger partial charge in [0.2, 0.25) is 5.91 Å². The van der Waals surface area contributed by atoms with Crippen LogP contribution < -0.4 is 4.72 Å². The van der Waals surface area contributed by atoms with Gasteiger partial charge in [-0.2, -0.15) is 0 Å². The molecule has 3 atom stereocenters. The van der Waals surface area contributed by atoms with Crippen molar-refractivity contribution in [1.29, 1.82) is 0 Å². The Kier molecular flexibility index (Phi) is 5.89. The van der Waals surface area contributed by atoms with Gasteiger partial charge in [-0.15, -0.1) is 0 Å². The molecule has 7 heteroatoms. The molecule has 27 heavy (non-hydrogen) atoms. The normalized spacial score (nSPS) is 26.5. The van der Waals surface area contributed by atoms with Crippen molar-refractivity contribution >= 4 is 21.8 Å². The van der Waals surface area contributed by atoms with E-state index in [4.69, 9.17) is 0 Å². The molecule has 0 aromatic heterocycles. The summed E-state index contributed by atoms with van der Waals surface area (Å²) in [6, 6.07) is 6.23. The first-order valence-corrected chi connectivity index (χ1v) is 11.3. The van der Waals surface area contributed by atoms with Crippen molar-refractivity contribution in [3.63, 3.8) is 0 Å². The first kappa shape index (κ1) is 19.9. The number of unbranched alkanes of at least 4 members (excludes halogenated alkanes) is 1. The second-order valence-corrected chi connectivity index (χ2v) is 9.58. The smallest absolute Gasteiger partial charge is 0.263 e. The average Bonchev–Trinajstić information content (AvgIpc) is 2.88. The molecule has 1 saturated heterocycles. The maximum absolute atomic E-state index is 13.2. The summed E-state index contributed by atoms with van der Waals surface area (Å²) in [6.07, 6.45) is 3.59. The number of aliphatic imine (C=N–C) groups is 1. The second kappa shape index (κ2) is 8.00. The van der Waals surface area contributed by atoms with Crippen LogP contribution in [-0.2, 0) is 14.8 Å². The predicted octanol–water partition coefficient (Wildman–Crippen LogP) is 2.79. The van der Waals surface area contributed by atoms with Crippen LogP contribution >= 0.6 is 0 Å². The van der Waals surface area contributed by atoms with Crippen LogP contribution in [-0.4, -0.2) is 44.2 Å². The third-order valence-electron chi connectivity index (χ3n) is 5.24. The summed E-state index contributed by atoms with van der Waals surface area (Å²) < 4.78 is 27.2. The van der Waals surface area contributed by atoms with Gasteiger partial charge < -0.3 is 4.90 Å². The van der Waals surface area contributed by atoms with Gasteiger partial charge in [-0.1, -0.05) is 45.7 Å². The molecule has 3 unspecified atom stereocenters. The summed E-state index contributed by atoms with van der Waals surface area (Å²) in [7, 11) is -3.59. The molecule has 0 bridgehead atoms. The van der Waals surface area contributed by atoms with Crippen molar-refractivity contribution in [2.45, 2.75) is 57.4 Å². The van der Waals surface area contributed by atoms with Crippen LogP contribution in [0.5, 0.6) is 0 Å². The van der Waals surface area contributed by atoms with Gasteiger partial charge in [0.25, 0.3) is 10.0 Å².